The number of anilines is 1. The first kappa shape index (κ1) is 11.3. The number of halogens is 2. The molecule has 0 bridgehead atoms. The second-order valence-corrected chi connectivity index (χ2v) is 5.83. The first-order valence-corrected chi connectivity index (χ1v) is 7.00. The molecule has 3 nitrogen and oxygen atoms in total. The van der Waals surface area contributed by atoms with Crippen molar-refractivity contribution in [2.24, 2.45) is 4.99 Å². The van der Waals surface area contributed by atoms with Gasteiger partial charge in [0.05, 0.1) is 12.2 Å². The molecule has 0 aromatic heterocycles. The summed E-state index contributed by atoms with van der Waals surface area (Å²) in [6, 6.07) is 4.23. The van der Waals surface area contributed by atoms with Gasteiger partial charge in [-0.15, -0.1) is 0 Å². The standard InChI is InChI=1S/C12H11Br2N3/c1-8-6-9(13)11(10(14)7-8)17-5-4-16-3-2-15-12(16)17/h4-7H,2-3H2,1H3. The number of hydrogen-bond donors (Lipinski definition) is 0. The van der Waals surface area contributed by atoms with Crippen LogP contribution in [-0.4, -0.2) is 23.9 Å². The first-order chi connectivity index (χ1) is 8.16. The molecule has 3 rings (SSSR count). The van der Waals surface area contributed by atoms with Gasteiger partial charge in [-0.1, -0.05) is 0 Å². The van der Waals surface area contributed by atoms with Gasteiger partial charge < -0.3 is 4.90 Å². The van der Waals surface area contributed by atoms with Crippen LogP contribution >= 0.6 is 31.9 Å². The van der Waals surface area contributed by atoms with Gasteiger partial charge in [0, 0.05) is 27.9 Å². The van der Waals surface area contributed by atoms with E-state index in [9.17, 15) is 0 Å². The monoisotopic (exact) mass is 355 g/mol. The number of rotatable bonds is 1. The van der Waals surface area contributed by atoms with Gasteiger partial charge in [-0.2, -0.15) is 0 Å². The van der Waals surface area contributed by atoms with Crippen molar-refractivity contribution in [1.82, 2.24) is 4.90 Å². The third-order valence-electron chi connectivity index (χ3n) is 2.86. The Morgan fingerprint density at radius 1 is 1.18 bits per heavy atom. The topological polar surface area (TPSA) is 18.8 Å². The fraction of sp³-hybridized carbons (Fsp3) is 0.250. The maximum Gasteiger partial charge on any atom is 0.209 e. The predicted octanol–water partition coefficient (Wildman–Crippen LogP) is 3.48. The Bertz CT molecular complexity index is 514. The molecule has 0 atom stereocenters. The Kier molecular flexibility index (Phi) is 2.75. The molecule has 1 aromatic rings. The summed E-state index contributed by atoms with van der Waals surface area (Å²) in [5.41, 5.74) is 2.33. The van der Waals surface area contributed by atoms with Gasteiger partial charge in [0.1, 0.15) is 0 Å². The average molecular weight is 357 g/mol. The zero-order valence-corrected chi connectivity index (χ0v) is 12.5. The molecule has 1 aromatic carbocycles. The molecule has 17 heavy (non-hydrogen) atoms. The van der Waals surface area contributed by atoms with Gasteiger partial charge >= 0.3 is 0 Å². The lowest BCUT2D eigenvalue weighted by Crippen LogP contribution is -2.30. The van der Waals surface area contributed by atoms with E-state index >= 15 is 0 Å². The molecule has 0 fully saturated rings. The van der Waals surface area contributed by atoms with E-state index in [4.69, 9.17) is 0 Å². The molecule has 0 saturated carbocycles. The first-order valence-electron chi connectivity index (χ1n) is 5.41. The molecule has 0 aliphatic carbocycles. The van der Waals surface area contributed by atoms with Crippen LogP contribution in [0.5, 0.6) is 0 Å². The summed E-state index contributed by atoms with van der Waals surface area (Å²) in [5, 5.41) is 0. The van der Waals surface area contributed by atoms with Gasteiger partial charge in [-0.25, -0.2) is 0 Å². The summed E-state index contributed by atoms with van der Waals surface area (Å²) in [5.74, 6) is 1.01. The van der Waals surface area contributed by atoms with Crippen LogP contribution in [0.15, 0.2) is 38.5 Å². The highest BCUT2D eigenvalue weighted by molar-refractivity contribution is 9.11. The minimum atomic E-state index is 0.872. The van der Waals surface area contributed by atoms with Gasteiger partial charge in [0.2, 0.25) is 5.96 Å². The minimum Gasteiger partial charge on any atom is -0.315 e. The number of guanidine groups is 1. The van der Waals surface area contributed by atoms with Crippen LogP contribution in [0.3, 0.4) is 0 Å². The van der Waals surface area contributed by atoms with Gasteiger partial charge in [-0.05, 0) is 56.5 Å². The molecule has 2 aliphatic heterocycles. The summed E-state index contributed by atoms with van der Waals surface area (Å²) in [4.78, 5) is 8.80. The Hall–Kier alpha value is -0.810. The molecule has 0 unspecified atom stereocenters. The molecular weight excluding hydrogens is 346 g/mol. The van der Waals surface area contributed by atoms with Crippen LogP contribution in [0.4, 0.5) is 5.69 Å². The lowest BCUT2D eigenvalue weighted by atomic mass is 10.2. The van der Waals surface area contributed by atoms with E-state index < -0.39 is 0 Å². The summed E-state index contributed by atoms with van der Waals surface area (Å²) in [7, 11) is 0. The van der Waals surface area contributed by atoms with Crippen molar-refractivity contribution in [1.29, 1.82) is 0 Å². The molecule has 5 heteroatoms. The van der Waals surface area contributed by atoms with Crippen LogP contribution in [0.2, 0.25) is 0 Å². The highest BCUT2D eigenvalue weighted by atomic mass is 79.9. The summed E-state index contributed by atoms with van der Waals surface area (Å²) in [6.45, 7) is 3.93. The van der Waals surface area contributed by atoms with Crippen LogP contribution in [-0.2, 0) is 0 Å². The van der Waals surface area contributed by atoms with E-state index in [2.05, 4.69) is 78.1 Å². The number of hydrogen-bond acceptors (Lipinski definition) is 3. The predicted molar refractivity (Wildman–Crippen MR) is 77.2 cm³/mol. The van der Waals surface area contributed by atoms with E-state index in [0.717, 1.165) is 33.7 Å². The molecule has 0 radical (unpaired) electrons. The molecule has 88 valence electrons. The maximum absolute atomic E-state index is 4.52. The van der Waals surface area contributed by atoms with E-state index in [1.54, 1.807) is 0 Å². The van der Waals surface area contributed by atoms with Crippen LogP contribution in [0.1, 0.15) is 5.56 Å². The lowest BCUT2D eigenvalue weighted by Gasteiger charge is -2.21. The Labute approximate surface area is 117 Å². The summed E-state index contributed by atoms with van der Waals surface area (Å²) < 4.78 is 2.15. The number of aliphatic imine (C=N–C) groups is 1. The molecule has 0 saturated heterocycles. The van der Waals surface area contributed by atoms with Crippen molar-refractivity contribution >= 4 is 43.5 Å². The Morgan fingerprint density at radius 3 is 2.59 bits per heavy atom. The molecule has 0 N–H and O–H groups in total. The zero-order chi connectivity index (χ0) is 12.0. The second-order valence-electron chi connectivity index (χ2n) is 4.12. The third kappa shape index (κ3) is 1.81. The van der Waals surface area contributed by atoms with Gasteiger partial charge in [0.25, 0.3) is 0 Å². The quantitative estimate of drug-likeness (QED) is 0.767. The van der Waals surface area contributed by atoms with Crippen molar-refractivity contribution in [3.05, 3.63) is 39.0 Å². The van der Waals surface area contributed by atoms with Gasteiger partial charge in [-0.3, -0.25) is 9.89 Å². The lowest BCUT2D eigenvalue weighted by molar-refractivity contribution is 0.619. The maximum atomic E-state index is 4.52. The number of benzene rings is 1. The largest absolute Gasteiger partial charge is 0.315 e. The fourth-order valence-electron chi connectivity index (χ4n) is 2.12. The Balaban J connectivity index is 2.08. The summed E-state index contributed by atoms with van der Waals surface area (Å²) >= 11 is 7.25. The third-order valence-corrected chi connectivity index (χ3v) is 4.07. The van der Waals surface area contributed by atoms with E-state index in [0.29, 0.717) is 0 Å². The van der Waals surface area contributed by atoms with Crippen molar-refractivity contribution in [3.63, 3.8) is 0 Å². The van der Waals surface area contributed by atoms with Crippen molar-refractivity contribution < 1.29 is 0 Å². The summed E-state index contributed by atoms with van der Waals surface area (Å²) in [6.07, 6.45) is 4.13. The minimum absolute atomic E-state index is 0.872. The normalized spacial score (nSPS) is 17.7. The van der Waals surface area contributed by atoms with E-state index in [1.807, 2.05) is 0 Å². The zero-order valence-electron chi connectivity index (χ0n) is 9.32. The number of nitrogens with zero attached hydrogens (tertiary/aromatic N) is 3. The fourth-order valence-corrected chi connectivity index (χ4v) is 3.91. The second kappa shape index (κ2) is 4.14. The molecule has 0 amide bonds. The molecular formula is C12H11Br2N3. The van der Waals surface area contributed by atoms with Gasteiger partial charge in [0.15, 0.2) is 0 Å². The average Bonchev–Trinajstić information content (AvgIpc) is 2.80. The smallest absolute Gasteiger partial charge is 0.209 e. The molecule has 2 heterocycles. The van der Waals surface area contributed by atoms with Crippen LogP contribution < -0.4 is 4.90 Å². The van der Waals surface area contributed by atoms with Crippen LogP contribution in [0.25, 0.3) is 0 Å². The Morgan fingerprint density at radius 2 is 1.88 bits per heavy atom. The SMILES string of the molecule is Cc1cc(Br)c(N2C=CN3CCN=C32)c(Br)c1. The van der Waals surface area contributed by atoms with E-state index in [1.165, 1.54) is 5.56 Å². The van der Waals surface area contributed by atoms with Crippen molar-refractivity contribution in [2.45, 2.75) is 6.92 Å². The molecule has 2 aliphatic rings. The number of aryl methyl sites for hydroxylation is 1. The van der Waals surface area contributed by atoms with Crippen molar-refractivity contribution in [3.8, 4) is 0 Å². The number of fused-ring (bicyclic) bond motifs is 1. The highest BCUT2D eigenvalue weighted by Crippen LogP contribution is 2.38. The van der Waals surface area contributed by atoms with Crippen LogP contribution in [0, 0.1) is 6.92 Å². The van der Waals surface area contributed by atoms with Crippen molar-refractivity contribution in [2.75, 3.05) is 18.0 Å². The van der Waals surface area contributed by atoms with E-state index in [-0.39, 0.29) is 0 Å². The highest BCUT2D eigenvalue weighted by Gasteiger charge is 2.28. The molecule has 0 spiro atoms.